The highest BCUT2D eigenvalue weighted by Gasteiger charge is 2.14. The van der Waals surface area contributed by atoms with Gasteiger partial charge in [-0.25, -0.2) is 4.98 Å². The maximum Gasteiger partial charge on any atom is 0.227 e. The average molecular weight is 344 g/mol. The summed E-state index contributed by atoms with van der Waals surface area (Å²) in [6, 6.07) is 22.3. The summed E-state index contributed by atoms with van der Waals surface area (Å²) in [7, 11) is 0. The second kappa shape index (κ2) is 5.33. The van der Waals surface area contributed by atoms with E-state index in [1.807, 2.05) is 48.5 Å². The van der Waals surface area contributed by atoms with E-state index in [0.29, 0.717) is 5.89 Å². The van der Waals surface area contributed by atoms with Crippen LogP contribution in [-0.4, -0.2) is 4.98 Å². The molecule has 0 bridgehead atoms. The van der Waals surface area contributed by atoms with E-state index >= 15 is 0 Å². The van der Waals surface area contributed by atoms with Crippen LogP contribution >= 0.6 is 11.6 Å². The van der Waals surface area contributed by atoms with E-state index in [2.05, 4.69) is 25.1 Å². The highest BCUT2D eigenvalue weighted by Crippen LogP contribution is 2.37. The van der Waals surface area contributed by atoms with Crippen LogP contribution < -0.4 is 0 Å². The van der Waals surface area contributed by atoms with Gasteiger partial charge >= 0.3 is 0 Å². The van der Waals surface area contributed by atoms with Crippen molar-refractivity contribution in [3.8, 4) is 11.5 Å². The van der Waals surface area contributed by atoms with E-state index in [0.717, 1.165) is 43.2 Å². The quantitative estimate of drug-likeness (QED) is 0.314. The van der Waals surface area contributed by atoms with Crippen LogP contribution in [0.15, 0.2) is 71.1 Å². The van der Waals surface area contributed by atoms with E-state index < -0.39 is 0 Å². The third-order valence-corrected chi connectivity index (χ3v) is 4.90. The van der Waals surface area contributed by atoms with Crippen LogP contribution in [0.5, 0.6) is 0 Å². The minimum absolute atomic E-state index is 0.639. The minimum Gasteiger partial charge on any atom is -0.435 e. The highest BCUT2D eigenvalue weighted by molar-refractivity contribution is 6.32. The van der Waals surface area contributed by atoms with Gasteiger partial charge in [0.05, 0.1) is 0 Å². The standard InChI is InChI=1S/C22H14ClNO/c1-13-11-15-7-8-16(23)12-18(15)20-17(13)9-10-19-21(20)25-22(24-19)14-5-3-2-4-6-14/h2-12H,1H3. The molecule has 0 atom stereocenters. The smallest absolute Gasteiger partial charge is 0.227 e. The summed E-state index contributed by atoms with van der Waals surface area (Å²) in [6.07, 6.45) is 0. The molecule has 0 N–H and O–H groups in total. The molecule has 0 aliphatic rings. The van der Waals surface area contributed by atoms with Crippen LogP contribution in [0.25, 0.3) is 44.1 Å². The van der Waals surface area contributed by atoms with E-state index in [1.54, 1.807) is 0 Å². The molecule has 0 aliphatic heterocycles. The maximum absolute atomic E-state index is 6.26. The van der Waals surface area contributed by atoms with Crippen molar-refractivity contribution in [2.75, 3.05) is 0 Å². The van der Waals surface area contributed by atoms with Gasteiger partial charge in [0.25, 0.3) is 0 Å². The van der Waals surface area contributed by atoms with E-state index in [4.69, 9.17) is 21.0 Å². The summed E-state index contributed by atoms with van der Waals surface area (Å²) in [5.41, 5.74) is 3.86. The lowest BCUT2D eigenvalue weighted by atomic mass is 9.97. The van der Waals surface area contributed by atoms with Gasteiger partial charge in [0, 0.05) is 16.0 Å². The molecule has 0 radical (unpaired) electrons. The molecule has 0 spiro atoms. The first-order valence-electron chi connectivity index (χ1n) is 8.18. The first-order chi connectivity index (χ1) is 12.2. The van der Waals surface area contributed by atoms with Crippen LogP contribution in [0.1, 0.15) is 5.56 Å². The van der Waals surface area contributed by atoms with Crippen molar-refractivity contribution in [1.82, 2.24) is 4.98 Å². The molecule has 4 aromatic carbocycles. The largest absolute Gasteiger partial charge is 0.435 e. The van der Waals surface area contributed by atoms with Crippen molar-refractivity contribution in [1.29, 1.82) is 0 Å². The summed E-state index contributed by atoms with van der Waals surface area (Å²) in [5.74, 6) is 0.639. The fraction of sp³-hybridized carbons (Fsp3) is 0.0455. The van der Waals surface area contributed by atoms with Gasteiger partial charge in [-0.2, -0.15) is 0 Å². The molecule has 0 saturated heterocycles. The van der Waals surface area contributed by atoms with Crippen molar-refractivity contribution in [3.05, 3.63) is 77.3 Å². The van der Waals surface area contributed by atoms with Crippen molar-refractivity contribution < 1.29 is 4.42 Å². The zero-order valence-electron chi connectivity index (χ0n) is 13.6. The predicted octanol–water partition coefficient (Wildman–Crippen LogP) is 6.76. The molecule has 0 aliphatic carbocycles. The third-order valence-electron chi connectivity index (χ3n) is 4.66. The highest BCUT2D eigenvalue weighted by atomic mass is 35.5. The van der Waals surface area contributed by atoms with Gasteiger partial charge in [-0.05, 0) is 59.0 Å². The number of aryl methyl sites for hydroxylation is 1. The third kappa shape index (κ3) is 2.22. The number of benzene rings is 4. The molecular weight excluding hydrogens is 330 g/mol. The molecule has 0 unspecified atom stereocenters. The molecule has 25 heavy (non-hydrogen) atoms. The van der Waals surface area contributed by atoms with Crippen molar-refractivity contribution in [3.63, 3.8) is 0 Å². The Balaban J connectivity index is 1.95. The number of halogens is 1. The zero-order valence-corrected chi connectivity index (χ0v) is 14.3. The monoisotopic (exact) mass is 343 g/mol. The Morgan fingerprint density at radius 3 is 2.56 bits per heavy atom. The Labute approximate surface area is 149 Å². The lowest BCUT2D eigenvalue weighted by molar-refractivity contribution is 0.623. The summed E-state index contributed by atoms with van der Waals surface area (Å²) >= 11 is 6.26. The van der Waals surface area contributed by atoms with E-state index in [9.17, 15) is 0 Å². The molecule has 120 valence electrons. The fourth-order valence-electron chi connectivity index (χ4n) is 3.47. The Bertz CT molecular complexity index is 1260. The lowest BCUT2D eigenvalue weighted by Crippen LogP contribution is -1.83. The Morgan fingerprint density at radius 2 is 1.72 bits per heavy atom. The number of nitrogens with zero attached hydrogens (tertiary/aromatic N) is 1. The summed E-state index contributed by atoms with van der Waals surface area (Å²) < 4.78 is 6.22. The Kier molecular flexibility index (Phi) is 3.09. The zero-order chi connectivity index (χ0) is 17.0. The molecule has 2 nitrogen and oxygen atoms in total. The second-order valence-electron chi connectivity index (χ2n) is 6.28. The number of hydrogen-bond acceptors (Lipinski definition) is 2. The minimum atomic E-state index is 0.639. The molecule has 3 heteroatoms. The summed E-state index contributed by atoms with van der Waals surface area (Å²) in [6.45, 7) is 2.12. The number of rotatable bonds is 1. The Hall–Kier alpha value is -2.84. The van der Waals surface area contributed by atoms with Crippen molar-refractivity contribution in [2.24, 2.45) is 0 Å². The first kappa shape index (κ1) is 14.5. The molecule has 1 heterocycles. The van der Waals surface area contributed by atoms with Crippen LogP contribution in [0.2, 0.25) is 5.02 Å². The summed E-state index contributed by atoms with van der Waals surface area (Å²) in [4.78, 5) is 4.69. The van der Waals surface area contributed by atoms with Gasteiger partial charge in [-0.15, -0.1) is 0 Å². The van der Waals surface area contributed by atoms with Crippen molar-refractivity contribution in [2.45, 2.75) is 6.92 Å². The van der Waals surface area contributed by atoms with Crippen LogP contribution in [0, 0.1) is 6.92 Å². The predicted molar refractivity (Wildman–Crippen MR) is 104 cm³/mol. The lowest BCUT2D eigenvalue weighted by Gasteiger charge is -2.08. The fourth-order valence-corrected chi connectivity index (χ4v) is 3.65. The molecular formula is C22H14ClNO. The van der Waals surface area contributed by atoms with Gasteiger partial charge in [0.15, 0.2) is 5.58 Å². The average Bonchev–Trinajstić information content (AvgIpc) is 3.07. The Morgan fingerprint density at radius 1 is 0.880 bits per heavy atom. The normalized spacial score (nSPS) is 11.6. The molecule has 0 amide bonds. The van der Waals surface area contributed by atoms with Crippen LogP contribution in [-0.2, 0) is 0 Å². The van der Waals surface area contributed by atoms with Gasteiger partial charge in [0.2, 0.25) is 5.89 Å². The molecule has 0 saturated carbocycles. The number of oxazole rings is 1. The van der Waals surface area contributed by atoms with Gasteiger partial charge in [0.1, 0.15) is 5.52 Å². The van der Waals surface area contributed by atoms with Crippen LogP contribution in [0.3, 0.4) is 0 Å². The van der Waals surface area contributed by atoms with Gasteiger partial charge < -0.3 is 4.42 Å². The van der Waals surface area contributed by atoms with Crippen LogP contribution in [0.4, 0.5) is 0 Å². The number of hydrogen-bond donors (Lipinski definition) is 0. The van der Waals surface area contributed by atoms with Gasteiger partial charge in [-0.1, -0.05) is 48.0 Å². The SMILES string of the molecule is Cc1cc2ccc(Cl)cc2c2c1ccc1nc(-c3ccccc3)oc12. The maximum atomic E-state index is 6.26. The van der Waals surface area contributed by atoms with Crippen molar-refractivity contribution >= 4 is 44.2 Å². The topological polar surface area (TPSA) is 26.0 Å². The second-order valence-corrected chi connectivity index (χ2v) is 6.72. The summed E-state index contributed by atoms with van der Waals surface area (Å²) in [5, 5.41) is 5.20. The molecule has 5 rings (SSSR count). The molecule has 1 aromatic heterocycles. The van der Waals surface area contributed by atoms with Gasteiger partial charge in [-0.3, -0.25) is 0 Å². The number of fused-ring (bicyclic) bond motifs is 5. The first-order valence-corrected chi connectivity index (χ1v) is 8.56. The molecule has 5 aromatic rings. The van der Waals surface area contributed by atoms with E-state index in [1.165, 1.54) is 5.56 Å². The number of aromatic nitrogens is 1. The van der Waals surface area contributed by atoms with E-state index in [-0.39, 0.29) is 0 Å². The molecule has 0 fully saturated rings.